The second-order valence-electron chi connectivity index (χ2n) is 6.79. The summed E-state index contributed by atoms with van der Waals surface area (Å²) in [6.45, 7) is 1.54. The van der Waals surface area contributed by atoms with Crippen LogP contribution in [0.25, 0.3) is 11.0 Å². The van der Waals surface area contributed by atoms with E-state index >= 15 is 0 Å². The predicted octanol–water partition coefficient (Wildman–Crippen LogP) is 3.55. The van der Waals surface area contributed by atoms with Crippen LogP contribution in [-0.2, 0) is 18.3 Å². The zero-order valence-electron chi connectivity index (χ0n) is 14.7. The Bertz CT molecular complexity index is 925. The van der Waals surface area contributed by atoms with Crippen LogP contribution < -0.4 is 0 Å². The van der Waals surface area contributed by atoms with Gasteiger partial charge < -0.3 is 14.0 Å². The SMILES string of the molecule is Cn1c(C2CCN(C(=O)CCc3cc(Cl)no3)CC2)nc2ccccc21. The normalized spacial score (nSPS) is 15.7. The van der Waals surface area contributed by atoms with E-state index in [4.69, 9.17) is 21.1 Å². The van der Waals surface area contributed by atoms with E-state index in [1.807, 2.05) is 23.1 Å². The first kappa shape index (κ1) is 17.1. The molecule has 2 aromatic heterocycles. The summed E-state index contributed by atoms with van der Waals surface area (Å²) in [4.78, 5) is 19.2. The lowest BCUT2D eigenvalue weighted by Crippen LogP contribution is -2.38. The van der Waals surface area contributed by atoms with Crippen molar-refractivity contribution < 1.29 is 9.32 Å². The minimum Gasteiger partial charge on any atom is -0.360 e. The van der Waals surface area contributed by atoms with Crippen molar-refractivity contribution in [3.8, 4) is 0 Å². The number of piperidine rings is 1. The highest BCUT2D eigenvalue weighted by molar-refractivity contribution is 6.29. The smallest absolute Gasteiger partial charge is 0.223 e. The van der Waals surface area contributed by atoms with Crippen molar-refractivity contribution in [2.45, 2.75) is 31.6 Å². The van der Waals surface area contributed by atoms with Gasteiger partial charge in [-0.2, -0.15) is 0 Å². The van der Waals surface area contributed by atoms with Gasteiger partial charge in [0.2, 0.25) is 5.91 Å². The number of carbonyl (C=O) groups excluding carboxylic acids is 1. The zero-order chi connectivity index (χ0) is 18.1. The maximum atomic E-state index is 12.4. The Morgan fingerprint density at radius 2 is 2.08 bits per heavy atom. The third kappa shape index (κ3) is 3.33. The Morgan fingerprint density at radius 3 is 2.77 bits per heavy atom. The molecular weight excluding hydrogens is 352 g/mol. The Labute approximate surface area is 156 Å². The van der Waals surface area contributed by atoms with Crippen LogP contribution in [0.4, 0.5) is 0 Å². The number of fused-ring (bicyclic) bond motifs is 1. The van der Waals surface area contributed by atoms with Crippen LogP contribution in [0, 0.1) is 0 Å². The number of para-hydroxylation sites is 2. The Hall–Kier alpha value is -2.34. The molecule has 0 bridgehead atoms. The number of imidazole rings is 1. The first-order chi connectivity index (χ1) is 12.6. The van der Waals surface area contributed by atoms with Crippen molar-refractivity contribution in [2.75, 3.05) is 13.1 Å². The van der Waals surface area contributed by atoms with Gasteiger partial charge in [0, 0.05) is 45.0 Å². The van der Waals surface area contributed by atoms with Gasteiger partial charge >= 0.3 is 0 Å². The van der Waals surface area contributed by atoms with Crippen molar-refractivity contribution in [3.63, 3.8) is 0 Å². The summed E-state index contributed by atoms with van der Waals surface area (Å²) in [6.07, 6.45) is 2.83. The van der Waals surface area contributed by atoms with Gasteiger partial charge in [0.05, 0.1) is 11.0 Å². The van der Waals surface area contributed by atoms with Gasteiger partial charge in [0.1, 0.15) is 11.6 Å². The molecule has 0 radical (unpaired) electrons. The molecule has 1 saturated heterocycles. The lowest BCUT2D eigenvalue weighted by atomic mass is 9.95. The number of aryl methyl sites for hydroxylation is 2. The first-order valence-electron chi connectivity index (χ1n) is 8.92. The maximum Gasteiger partial charge on any atom is 0.223 e. The standard InChI is InChI=1S/C19H21ClN4O2/c1-23-16-5-3-2-4-15(16)21-19(23)13-8-10-24(11-9-13)18(25)7-6-14-12-17(20)22-26-14/h2-5,12-13H,6-11H2,1H3. The number of benzene rings is 1. The van der Waals surface area contributed by atoms with E-state index in [0.29, 0.717) is 29.7 Å². The molecule has 1 amide bonds. The number of aromatic nitrogens is 3. The molecule has 26 heavy (non-hydrogen) atoms. The van der Waals surface area contributed by atoms with E-state index in [1.54, 1.807) is 6.07 Å². The summed E-state index contributed by atoms with van der Waals surface area (Å²) in [6, 6.07) is 9.86. The van der Waals surface area contributed by atoms with E-state index < -0.39 is 0 Å². The van der Waals surface area contributed by atoms with E-state index in [9.17, 15) is 4.79 Å². The van der Waals surface area contributed by atoms with E-state index in [2.05, 4.69) is 22.8 Å². The van der Waals surface area contributed by atoms with E-state index in [1.165, 1.54) is 0 Å². The average molecular weight is 373 g/mol. The Balaban J connectivity index is 1.36. The molecule has 0 N–H and O–H groups in total. The Kier molecular flexibility index (Phi) is 4.68. The summed E-state index contributed by atoms with van der Waals surface area (Å²) in [5.74, 6) is 2.32. The van der Waals surface area contributed by atoms with Gasteiger partial charge in [-0.15, -0.1) is 0 Å². The van der Waals surface area contributed by atoms with Crippen molar-refractivity contribution in [3.05, 3.63) is 47.1 Å². The fourth-order valence-electron chi connectivity index (χ4n) is 3.71. The molecule has 6 nitrogen and oxygen atoms in total. The van der Waals surface area contributed by atoms with Gasteiger partial charge in [-0.05, 0) is 25.0 Å². The van der Waals surface area contributed by atoms with Crippen LogP contribution >= 0.6 is 11.6 Å². The number of rotatable bonds is 4. The van der Waals surface area contributed by atoms with Gasteiger partial charge in [-0.1, -0.05) is 28.9 Å². The van der Waals surface area contributed by atoms with Crippen molar-refractivity contribution in [2.24, 2.45) is 7.05 Å². The van der Waals surface area contributed by atoms with E-state index in [0.717, 1.165) is 42.8 Å². The molecule has 0 saturated carbocycles. The van der Waals surface area contributed by atoms with Gasteiger partial charge in [-0.25, -0.2) is 4.98 Å². The minimum absolute atomic E-state index is 0.154. The number of hydrogen-bond acceptors (Lipinski definition) is 4. The molecule has 0 spiro atoms. The molecular formula is C19H21ClN4O2. The minimum atomic E-state index is 0.154. The molecule has 0 unspecified atom stereocenters. The lowest BCUT2D eigenvalue weighted by Gasteiger charge is -2.31. The molecule has 1 fully saturated rings. The summed E-state index contributed by atoms with van der Waals surface area (Å²) in [5.41, 5.74) is 2.20. The highest BCUT2D eigenvalue weighted by Gasteiger charge is 2.26. The number of amides is 1. The molecule has 0 aliphatic carbocycles. The molecule has 1 aliphatic rings. The molecule has 7 heteroatoms. The summed E-state index contributed by atoms with van der Waals surface area (Å²) < 4.78 is 7.24. The molecule has 1 aliphatic heterocycles. The quantitative estimate of drug-likeness (QED) is 0.702. The lowest BCUT2D eigenvalue weighted by molar-refractivity contribution is -0.132. The summed E-state index contributed by atoms with van der Waals surface area (Å²) >= 11 is 5.73. The average Bonchev–Trinajstić information content (AvgIpc) is 3.23. The van der Waals surface area contributed by atoms with Crippen LogP contribution in [0.2, 0.25) is 5.15 Å². The number of nitrogens with zero attached hydrogens (tertiary/aromatic N) is 4. The third-order valence-corrected chi connectivity index (χ3v) is 5.33. The zero-order valence-corrected chi connectivity index (χ0v) is 15.4. The Morgan fingerprint density at radius 1 is 1.31 bits per heavy atom. The first-order valence-corrected chi connectivity index (χ1v) is 9.30. The highest BCUT2D eigenvalue weighted by Crippen LogP contribution is 2.29. The molecule has 136 valence electrons. The molecule has 0 atom stereocenters. The summed E-state index contributed by atoms with van der Waals surface area (Å²) in [7, 11) is 2.07. The van der Waals surface area contributed by atoms with Gasteiger partial charge in [-0.3, -0.25) is 4.79 Å². The number of hydrogen-bond donors (Lipinski definition) is 0. The summed E-state index contributed by atoms with van der Waals surface area (Å²) in [5, 5.41) is 3.96. The van der Waals surface area contributed by atoms with Crippen LogP contribution in [0.1, 0.15) is 36.8 Å². The van der Waals surface area contributed by atoms with Crippen LogP contribution in [0.3, 0.4) is 0 Å². The molecule has 3 heterocycles. The van der Waals surface area contributed by atoms with E-state index in [-0.39, 0.29) is 5.91 Å². The van der Waals surface area contributed by atoms with Gasteiger partial charge in [0.25, 0.3) is 0 Å². The van der Waals surface area contributed by atoms with Crippen LogP contribution in [0.5, 0.6) is 0 Å². The van der Waals surface area contributed by atoms with Gasteiger partial charge in [0.15, 0.2) is 5.15 Å². The van der Waals surface area contributed by atoms with Crippen molar-refractivity contribution in [1.82, 2.24) is 19.6 Å². The number of carbonyl (C=O) groups is 1. The molecule has 4 rings (SSSR count). The largest absolute Gasteiger partial charge is 0.360 e. The highest BCUT2D eigenvalue weighted by atomic mass is 35.5. The van der Waals surface area contributed by atoms with Crippen molar-refractivity contribution >= 4 is 28.5 Å². The van der Waals surface area contributed by atoms with Crippen molar-refractivity contribution in [1.29, 1.82) is 0 Å². The molecule has 1 aromatic carbocycles. The molecule has 3 aromatic rings. The van der Waals surface area contributed by atoms with Crippen LogP contribution in [-0.4, -0.2) is 38.6 Å². The second kappa shape index (κ2) is 7.11. The predicted molar refractivity (Wildman–Crippen MR) is 99.1 cm³/mol. The maximum absolute atomic E-state index is 12.4. The monoisotopic (exact) mass is 372 g/mol. The fourth-order valence-corrected chi connectivity index (χ4v) is 3.87. The topological polar surface area (TPSA) is 64.2 Å². The number of likely N-dealkylation sites (tertiary alicyclic amines) is 1. The third-order valence-electron chi connectivity index (χ3n) is 5.15. The van der Waals surface area contributed by atoms with Crippen LogP contribution in [0.15, 0.2) is 34.9 Å². The number of halogens is 1. The second-order valence-corrected chi connectivity index (χ2v) is 7.18. The fraction of sp³-hybridized carbons (Fsp3) is 0.421.